The molecule has 1 fully saturated rings. The third-order valence-electron chi connectivity index (χ3n) is 5.40. The number of nitrogens with zero attached hydrogens (tertiary/aromatic N) is 2. The monoisotopic (exact) mass is 365 g/mol. The minimum atomic E-state index is -0.0231. The van der Waals surface area contributed by atoms with Crippen molar-refractivity contribution >= 4 is 11.6 Å². The molecular formula is C23H31N3O. The van der Waals surface area contributed by atoms with Crippen LogP contribution in [0.1, 0.15) is 41.3 Å². The lowest BCUT2D eigenvalue weighted by atomic mass is 9.99. The molecule has 144 valence electrons. The molecule has 1 amide bonds. The van der Waals surface area contributed by atoms with E-state index >= 15 is 0 Å². The van der Waals surface area contributed by atoms with Crippen LogP contribution in [0.4, 0.5) is 5.69 Å². The first-order chi connectivity index (χ1) is 13.0. The normalized spacial score (nSPS) is 15.5. The molecule has 2 aromatic carbocycles. The molecule has 3 rings (SSSR count). The number of hydrogen-bond acceptors (Lipinski definition) is 3. The summed E-state index contributed by atoms with van der Waals surface area (Å²) in [5.74, 6) is 0.830. The predicted octanol–water partition coefficient (Wildman–Crippen LogP) is 3.91. The smallest absolute Gasteiger partial charge is 0.251 e. The number of anilines is 1. The highest BCUT2D eigenvalue weighted by atomic mass is 16.1. The third kappa shape index (κ3) is 5.57. The van der Waals surface area contributed by atoms with Gasteiger partial charge in [-0.3, -0.25) is 9.69 Å². The van der Waals surface area contributed by atoms with E-state index in [1.807, 2.05) is 26.2 Å². The maximum atomic E-state index is 12.4. The van der Waals surface area contributed by atoms with Gasteiger partial charge in [0.2, 0.25) is 0 Å². The number of carbonyl (C=O) groups excluding carboxylic acids is 1. The van der Waals surface area contributed by atoms with E-state index in [4.69, 9.17) is 0 Å². The summed E-state index contributed by atoms with van der Waals surface area (Å²) in [6, 6.07) is 16.3. The molecular weight excluding hydrogens is 334 g/mol. The fraction of sp³-hybridized carbons (Fsp3) is 0.435. The number of carbonyl (C=O) groups is 1. The molecule has 1 aliphatic heterocycles. The van der Waals surface area contributed by atoms with Gasteiger partial charge in [-0.05, 0) is 67.2 Å². The van der Waals surface area contributed by atoms with Gasteiger partial charge in [0.1, 0.15) is 0 Å². The van der Waals surface area contributed by atoms with Crippen molar-refractivity contribution in [3.05, 3.63) is 65.2 Å². The largest absolute Gasteiger partial charge is 0.378 e. The summed E-state index contributed by atoms with van der Waals surface area (Å²) in [4.78, 5) is 17.0. The molecule has 2 aromatic rings. The molecule has 4 heteroatoms. The first-order valence-corrected chi connectivity index (χ1v) is 9.87. The maximum Gasteiger partial charge on any atom is 0.251 e. The lowest BCUT2D eigenvalue weighted by Crippen LogP contribution is -2.32. The van der Waals surface area contributed by atoms with Crippen molar-refractivity contribution < 1.29 is 4.79 Å². The molecule has 0 spiro atoms. The molecule has 0 atom stereocenters. The summed E-state index contributed by atoms with van der Waals surface area (Å²) in [7, 11) is 4.04. The number of nitrogens with one attached hydrogen (secondary N) is 1. The van der Waals surface area contributed by atoms with Crippen LogP contribution in [0, 0.1) is 5.92 Å². The summed E-state index contributed by atoms with van der Waals surface area (Å²) in [5, 5.41) is 3.01. The molecule has 1 heterocycles. The number of piperidine rings is 1. The van der Waals surface area contributed by atoms with Crippen LogP contribution in [0.3, 0.4) is 0 Å². The summed E-state index contributed by atoms with van der Waals surface area (Å²) in [5.41, 5.74) is 4.25. The van der Waals surface area contributed by atoms with Crippen LogP contribution in [-0.4, -0.2) is 38.0 Å². The Morgan fingerprint density at radius 2 is 1.59 bits per heavy atom. The van der Waals surface area contributed by atoms with Crippen molar-refractivity contribution in [1.82, 2.24) is 10.2 Å². The van der Waals surface area contributed by atoms with Gasteiger partial charge in [-0.2, -0.15) is 0 Å². The van der Waals surface area contributed by atoms with E-state index in [0.29, 0.717) is 6.54 Å². The fourth-order valence-corrected chi connectivity index (χ4v) is 3.44. The first-order valence-electron chi connectivity index (χ1n) is 9.87. The molecule has 1 N–H and O–H groups in total. The highest BCUT2D eigenvalue weighted by molar-refractivity contribution is 5.94. The first kappa shape index (κ1) is 19.4. The van der Waals surface area contributed by atoms with Crippen LogP contribution in [0.15, 0.2) is 48.5 Å². The van der Waals surface area contributed by atoms with Crippen molar-refractivity contribution in [2.24, 2.45) is 5.92 Å². The van der Waals surface area contributed by atoms with Crippen LogP contribution >= 0.6 is 0 Å². The Balaban J connectivity index is 1.49. The van der Waals surface area contributed by atoms with Crippen LogP contribution in [0.2, 0.25) is 0 Å². The summed E-state index contributed by atoms with van der Waals surface area (Å²) >= 11 is 0. The van der Waals surface area contributed by atoms with E-state index in [2.05, 4.69) is 58.4 Å². The Hall–Kier alpha value is -2.33. The van der Waals surface area contributed by atoms with Gasteiger partial charge in [0, 0.05) is 38.4 Å². The molecule has 1 saturated heterocycles. The number of rotatable bonds is 6. The molecule has 4 nitrogen and oxygen atoms in total. The van der Waals surface area contributed by atoms with Crippen molar-refractivity contribution in [3.63, 3.8) is 0 Å². The molecule has 27 heavy (non-hydrogen) atoms. The zero-order chi connectivity index (χ0) is 19.2. The minimum Gasteiger partial charge on any atom is -0.378 e. The number of hydrogen-bond donors (Lipinski definition) is 1. The second-order valence-corrected chi connectivity index (χ2v) is 7.90. The highest BCUT2D eigenvalue weighted by Gasteiger charge is 2.15. The van der Waals surface area contributed by atoms with Gasteiger partial charge < -0.3 is 10.2 Å². The molecule has 0 saturated carbocycles. The zero-order valence-electron chi connectivity index (χ0n) is 16.7. The Kier molecular flexibility index (Phi) is 6.51. The van der Waals surface area contributed by atoms with Crippen LogP contribution in [0.25, 0.3) is 0 Å². The summed E-state index contributed by atoms with van der Waals surface area (Å²) in [6.45, 7) is 6.21. The summed E-state index contributed by atoms with van der Waals surface area (Å²) < 4.78 is 0. The standard InChI is InChI=1S/C23H31N3O/c1-18-12-14-26(15-13-18)17-20-4-8-21(9-5-20)23(27)24-16-19-6-10-22(11-7-19)25(2)3/h4-11,18H,12-17H2,1-3H3,(H,24,27). The lowest BCUT2D eigenvalue weighted by molar-refractivity contribution is 0.0951. The van der Waals surface area contributed by atoms with Crippen molar-refractivity contribution in [2.75, 3.05) is 32.1 Å². The predicted molar refractivity (Wildman–Crippen MR) is 112 cm³/mol. The molecule has 1 aliphatic rings. The average molecular weight is 366 g/mol. The average Bonchev–Trinajstić information content (AvgIpc) is 2.69. The van der Waals surface area contributed by atoms with Crippen molar-refractivity contribution in [1.29, 1.82) is 0 Å². The van der Waals surface area contributed by atoms with Gasteiger partial charge >= 0.3 is 0 Å². The van der Waals surface area contributed by atoms with Crippen molar-refractivity contribution in [2.45, 2.75) is 32.9 Å². The maximum absolute atomic E-state index is 12.4. The van der Waals surface area contributed by atoms with Gasteiger partial charge in [0.05, 0.1) is 0 Å². The quantitative estimate of drug-likeness (QED) is 0.843. The molecule has 0 aromatic heterocycles. The van der Waals surface area contributed by atoms with Crippen LogP contribution in [-0.2, 0) is 13.1 Å². The second-order valence-electron chi connectivity index (χ2n) is 7.90. The van der Waals surface area contributed by atoms with Gasteiger partial charge in [-0.1, -0.05) is 31.2 Å². The second kappa shape index (κ2) is 9.05. The fourth-order valence-electron chi connectivity index (χ4n) is 3.44. The SMILES string of the molecule is CC1CCN(Cc2ccc(C(=O)NCc3ccc(N(C)C)cc3)cc2)CC1. The highest BCUT2D eigenvalue weighted by Crippen LogP contribution is 2.18. The zero-order valence-corrected chi connectivity index (χ0v) is 16.7. The Bertz CT molecular complexity index is 729. The number of likely N-dealkylation sites (tertiary alicyclic amines) is 1. The Labute approximate surface area is 163 Å². The van der Waals surface area contributed by atoms with E-state index in [1.165, 1.54) is 31.5 Å². The molecule has 0 aliphatic carbocycles. The van der Waals surface area contributed by atoms with Crippen LogP contribution in [0.5, 0.6) is 0 Å². The molecule has 0 unspecified atom stereocenters. The topological polar surface area (TPSA) is 35.6 Å². The van der Waals surface area contributed by atoms with E-state index in [-0.39, 0.29) is 5.91 Å². The number of amides is 1. The summed E-state index contributed by atoms with van der Waals surface area (Å²) in [6.07, 6.45) is 2.58. The van der Waals surface area contributed by atoms with Crippen LogP contribution < -0.4 is 10.2 Å². The van der Waals surface area contributed by atoms with Gasteiger partial charge in [-0.25, -0.2) is 0 Å². The van der Waals surface area contributed by atoms with E-state index < -0.39 is 0 Å². The van der Waals surface area contributed by atoms with E-state index in [9.17, 15) is 4.79 Å². The molecule has 0 bridgehead atoms. The van der Waals surface area contributed by atoms with Crippen molar-refractivity contribution in [3.8, 4) is 0 Å². The molecule has 0 radical (unpaired) electrons. The van der Waals surface area contributed by atoms with Gasteiger partial charge in [-0.15, -0.1) is 0 Å². The Morgan fingerprint density at radius 3 is 2.19 bits per heavy atom. The minimum absolute atomic E-state index is 0.0231. The third-order valence-corrected chi connectivity index (χ3v) is 5.40. The van der Waals surface area contributed by atoms with E-state index in [1.54, 1.807) is 0 Å². The van der Waals surface area contributed by atoms with Gasteiger partial charge in [0.15, 0.2) is 0 Å². The number of benzene rings is 2. The Morgan fingerprint density at radius 1 is 1.00 bits per heavy atom. The lowest BCUT2D eigenvalue weighted by Gasteiger charge is -2.30. The van der Waals surface area contributed by atoms with E-state index in [0.717, 1.165) is 29.3 Å². The van der Waals surface area contributed by atoms with Gasteiger partial charge in [0.25, 0.3) is 5.91 Å².